The molecule has 2 aromatic carbocycles. The summed E-state index contributed by atoms with van der Waals surface area (Å²) < 4.78 is 0. The SMILES string of the molecule is O=C1C=CC(=O)C(c2cccc3ccccc23)=C1. The molecule has 0 unspecified atom stereocenters. The molecule has 0 amide bonds. The van der Waals surface area contributed by atoms with Crippen molar-refractivity contribution in [2.45, 2.75) is 0 Å². The van der Waals surface area contributed by atoms with Crippen LogP contribution in [0, 0.1) is 0 Å². The predicted octanol–water partition coefficient (Wildman–Crippen LogP) is 2.93. The van der Waals surface area contributed by atoms with Crippen molar-refractivity contribution in [3.8, 4) is 0 Å². The van der Waals surface area contributed by atoms with Gasteiger partial charge in [0.1, 0.15) is 0 Å². The zero-order valence-electron chi connectivity index (χ0n) is 9.59. The van der Waals surface area contributed by atoms with Crippen molar-refractivity contribution in [1.82, 2.24) is 0 Å². The molecule has 0 fully saturated rings. The van der Waals surface area contributed by atoms with Crippen LogP contribution in [-0.4, -0.2) is 11.6 Å². The van der Waals surface area contributed by atoms with Gasteiger partial charge in [-0.1, -0.05) is 42.5 Å². The van der Waals surface area contributed by atoms with Gasteiger partial charge in [0.05, 0.1) is 0 Å². The molecule has 1 aliphatic carbocycles. The van der Waals surface area contributed by atoms with Crippen LogP contribution in [0.1, 0.15) is 5.56 Å². The van der Waals surface area contributed by atoms with Crippen LogP contribution in [0.5, 0.6) is 0 Å². The summed E-state index contributed by atoms with van der Waals surface area (Å²) in [6.07, 6.45) is 4.04. The van der Waals surface area contributed by atoms with Gasteiger partial charge in [0.15, 0.2) is 11.6 Å². The van der Waals surface area contributed by atoms with E-state index in [4.69, 9.17) is 0 Å². The molecule has 0 N–H and O–H groups in total. The maximum Gasteiger partial charge on any atom is 0.186 e. The number of carbonyl (C=O) groups is 2. The first-order valence-electron chi connectivity index (χ1n) is 5.72. The number of fused-ring (bicyclic) bond motifs is 1. The zero-order valence-corrected chi connectivity index (χ0v) is 9.59. The Morgan fingerprint density at radius 1 is 0.778 bits per heavy atom. The smallest absolute Gasteiger partial charge is 0.186 e. The Labute approximate surface area is 104 Å². The Balaban J connectivity index is 2.27. The van der Waals surface area contributed by atoms with Gasteiger partial charge in [0.2, 0.25) is 0 Å². The van der Waals surface area contributed by atoms with E-state index < -0.39 is 0 Å². The van der Waals surface area contributed by atoms with Crippen LogP contribution in [0.2, 0.25) is 0 Å². The van der Waals surface area contributed by atoms with Gasteiger partial charge in [-0.2, -0.15) is 0 Å². The Hall–Kier alpha value is -2.48. The summed E-state index contributed by atoms with van der Waals surface area (Å²) in [6, 6.07) is 13.6. The Bertz CT molecular complexity index is 715. The molecular formula is C16H10O2. The van der Waals surface area contributed by atoms with Gasteiger partial charge in [-0.3, -0.25) is 9.59 Å². The average molecular weight is 234 g/mol. The summed E-state index contributed by atoms with van der Waals surface area (Å²) in [5, 5.41) is 2.05. The van der Waals surface area contributed by atoms with E-state index in [0.29, 0.717) is 5.57 Å². The highest BCUT2D eigenvalue weighted by Gasteiger charge is 2.16. The van der Waals surface area contributed by atoms with E-state index in [1.807, 2.05) is 42.5 Å². The molecule has 0 saturated carbocycles. The first-order valence-corrected chi connectivity index (χ1v) is 5.72. The van der Waals surface area contributed by atoms with E-state index in [0.717, 1.165) is 16.3 Å². The highest BCUT2D eigenvalue weighted by Crippen LogP contribution is 2.27. The van der Waals surface area contributed by atoms with Gasteiger partial charge < -0.3 is 0 Å². The Kier molecular flexibility index (Phi) is 2.41. The van der Waals surface area contributed by atoms with Gasteiger partial charge in [-0.15, -0.1) is 0 Å². The minimum Gasteiger partial charge on any atom is -0.290 e. The van der Waals surface area contributed by atoms with Crippen LogP contribution in [0.4, 0.5) is 0 Å². The monoisotopic (exact) mass is 234 g/mol. The molecule has 0 aromatic heterocycles. The summed E-state index contributed by atoms with van der Waals surface area (Å²) in [5.74, 6) is -0.261. The molecule has 3 rings (SSSR count). The van der Waals surface area contributed by atoms with E-state index in [9.17, 15) is 9.59 Å². The fourth-order valence-electron chi connectivity index (χ4n) is 2.18. The lowest BCUT2D eigenvalue weighted by molar-refractivity contribution is -0.113. The minimum absolute atomic E-state index is 0.119. The lowest BCUT2D eigenvalue weighted by Crippen LogP contribution is -2.06. The van der Waals surface area contributed by atoms with E-state index in [1.165, 1.54) is 18.2 Å². The van der Waals surface area contributed by atoms with E-state index >= 15 is 0 Å². The number of carbonyl (C=O) groups excluding carboxylic acids is 2. The van der Waals surface area contributed by atoms with Crippen LogP contribution >= 0.6 is 0 Å². The molecule has 0 heterocycles. The molecule has 0 spiro atoms. The molecule has 1 aliphatic rings. The van der Waals surface area contributed by atoms with Crippen molar-refractivity contribution in [2.24, 2.45) is 0 Å². The van der Waals surface area contributed by atoms with Crippen molar-refractivity contribution < 1.29 is 9.59 Å². The van der Waals surface area contributed by atoms with Crippen LogP contribution in [-0.2, 0) is 9.59 Å². The normalized spacial score (nSPS) is 15.0. The molecular weight excluding hydrogens is 224 g/mol. The first-order chi connectivity index (χ1) is 8.75. The summed E-state index contributed by atoms with van der Waals surface area (Å²) in [4.78, 5) is 23.3. The number of ketones is 2. The molecule has 2 heteroatoms. The van der Waals surface area contributed by atoms with Crippen molar-refractivity contribution in [3.05, 3.63) is 66.3 Å². The molecule has 0 aliphatic heterocycles. The van der Waals surface area contributed by atoms with Crippen molar-refractivity contribution >= 4 is 27.9 Å². The third-order valence-electron chi connectivity index (χ3n) is 3.03. The minimum atomic E-state index is -0.141. The third kappa shape index (κ3) is 1.68. The second-order valence-corrected chi connectivity index (χ2v) is 4.18. The summed E-state index contributed by atoms with van der Waals surface area (Å²) >= 11 is 0. The number of hydrogen-bond donors (Lipinski definition) is 0. The van der Waals surface area contributed by atoms with Crippen LogP contribution in [0.3, 0.4) is 0 Å². The van der Waals surface area contributed by atoms with Crippen LogP contribution < -0.4 is 0 Å². The predicted molar refractivity (Wildman–Crippen MR) is 71.1 cm³/mol. The second-order valence-electron chi connectivity index (χ2n) is 4.18. The molecule has 86 valence electrons. The van der Waals surface area contributed by atoms with Crippen molar-refractivity contribution in [1.29, 1.82) is 0 Å². The Morgan fingerprint density at radius 3 is 2.44 bits per heavy atom. The van der Waals surface area contributed by atoms with Gasteiger partial charge in [-0.05, 0) is 34.6 Å². The largest absolute Gasteiger partial charge is 0.290 e. The number of allylic oxidation sites excluding steroid dienone is 4. The summed E-state index contributed by atoms with van der Waals surface area (Å²) in [6.45, 7) is 0. The zero-order chi connectivity index (χ0) is 12.5. The molecule has 0 bridgehead atoms. The van der Waals surface area contributed by atoms with E-state index in [1.54, 1.807) is 0 Å². The second kappa shape index (κ2) is 4.08. The summed E-state index contributed by atoms with van der Waals surface area (Å²) in [7, 11) is 0. The van der Waals surface area contributed by atoms with Gasteiger partial charge >= 0.3 is 0 Å². The quantitative estimate of drug-likeness (QED) is 0.711. The average Bonchev–Trinajstić information content (AvgIpc) is 2.41. The third-order valence-corrected chi connectivity index (χ3v) is 3.03. The van der Waals surface area contributed by atoms with Crippen LogP contribution in [0.15, 0.2) is 60.7 Å². The molecule has 0 saturated heterocycles. The van der Waals surface area contributed by atoms with E-state index in [2.05, 4.69) is 0 Å². The number of benzene rings is 2. The fourth-order valence-corrected chi connectivity index (χ4v) is 2.18. The highest BCUT2D eigenvalue weighted by atomic mass is 16.1. The topological polar surface area (TPSA) is 34.1 Å². The maximum absolute atomic E-state index is 11.9. The van der Waals surface area contributed by atoms with Crippen LogP contribution in [0.25, 0.3) is 16.3 Å². The van der Waals surface area contributed by atoms with Crippen molar-refractivity contribution in [3.63, 3.8) is 0 Å². The lowest BCUT2D eigenvalue weighted by atomic mass is 9.92. The molecule has 2 nitrogen and oxygen atoms in total. The number of rotatable bonds is 1. The highest BCUT2D eigenvalue weighted by molar-refractivity contribution is 6.35. The maximum atomic E-state index is 11.9. The summed E-state index contributed by atoms with van der Waals surface area (Å²) in [5.41, 5.74) is 1.29. The fraction of sp³-hybridized carbons (Fsp3) is 0. The van der Waals surface area contributed by atoms with Gasteiger partial charge in [0, 0.05) is 5.57 Å². The molecule has 0 atom stereocenters. The van der Waals surface area contributed by atoms with Gasteiger partial charge in [0.25, 0.3) is 0 Å². The van der Waals surface area contributed by atoms with Crippen molar-refractivity contribution in [2.75, 3.05) is 0 Å². The number of hydrogen-bond acceptors (Lipinski definition) is 2. The first kappa shape index (κ1) is 10.7. The standard InChI is InChI=1S/C16H10O2/c17-12-8-9-16(18)15(10-12)14-7-3-5-11-4-1-2-6-13(11)14/h1-10H. The molecule has 2 aromatic rings. The molecule has 18 heavy (non-hydrogen) atoms. The lowest BCUT2D eigenvalue weighted by Gasteiger charge is -2.10. The van der Waals surface area contributed by atoms with Gasteiger partial charge in [-0.25, -0.2) is 0 Å². The Morgan fingerprint density at radius 2 is 1.56 bits per heavy atom. The van der Waals surface area contributed by atoms with E-state index in [-0.39, 0.29) is 11.6 Å². The molecule has 0 radical (unpaired) electrons.